The summed E-state index contributed by atoms with van der Waals surface area (Å²) in [7, 11) is 3.36. The fourth-order valence-corrected chi connectivity index (χ4v) is 2.84. The number of rotatable bonds is 8. The lowest BCUT2D eigenvalue weighted by molar-refractivity contribution is 0.407. The van der Waals surface area contributed by atoms with Gasteiger partial charge in [-0.05, 0) is 44.9 Å². The molecule has 0 aliphatic carbocycles. The van der Waals surface area contributed by atoms with Crippen LogP contribution < -0.4 is 20.1 Å². The minimum absolute atomic E-state index is 0.500. The lowest BCUT2D eigenvalue weighted by Crippen LogP contribution is -2.38. The number of aliphatic imine (C=N–C) groups is 1. The molecule has 0 fully saturated rings. The minimum Gasteiger partial charge on any atom is -0.497 e. The summed E-state index contributed by atoms with van der Waals surface area (Å²) in [6, 6.07) is 8.12. The van der Waals surface area contributed by atoms with Gasteiger partial charge in [-0.15, -0.1) is 0 Å². The molecule has 0 spiro atoms. The molecule has 2 rings (SSSR count). The normalized spacial score (nSPS) is 11.2. The number of pyridine rings is 1. The monoisotopic (exact) mass is 370 g/mol. The van der Waals surface area contributed by atoms with Gasteiger partial charge < -0.3 is 20.1 Å². The second-order valence-electron chi connectivity index (χ2n) is 6.27. The lowest BCUT2D eigenvalue weighted by Gasteiger charge is -2.13. The van der Waals surface area contributed by atoms with E-state index in [-0.39, 0.29) is 0 Å². The largest absolute Gasteiger partial charge is 0.497 e. The van der Waals surface area contributed by atoms with Crippen LogP contribution in [0.3, 0.4) is 0 Å². The van der Waals surface area contributed by atoms with E-state index >= 15 is 0 Å². The van der Waals surface area contributed by atoms with Crippen molar-refractivity contribution in [2.75, 3.05) is 27.3 Å². The van der Waals surface area contributed by atoms with Crippen LogP contribution in [-0.4, -0.2) is 38.3 Å². The number of benzene rings is 1. The number of hydrogen-bond donors (Lipinski definition) is 2. The number of aromatic nitrogens is 1. The summed E-state index contributed by atoms with van der Waals surface area (Å²) in [5.41, 5.74) is 4.24. The summed E-state index contributed by atoms with van der Waals surface area (Å²) in [6.07, 6.45) is 2.74. The third-order valence-corrected chi connectivity index (χ3v) is 4.35. The highest BCUT2D eigenvalue weighted by molar-refractivity contribution is 5.79. The molecular formula is C21H30N4O2. The average molecular weight is 370 g/mol. The molecule has 2 N–H and O–H groups in total. The van der Waals surface area contributed by atoms with Crippen molar-refractivity contribution in [3.63, 3.8) is 0 Å². The maximum atomic E-state index is 5.47. The molecule has 0 saturated carbocycles. The van der Waals surface area contributed by atoms with Crippen LogP contribution >= 0.6 is 0 Å². The van der Waals surface area contributed by atoms with E-state index in [4.69, 9.17) is 9.47 Å². The minimum atomic E-state index is 0.500. The first-order chi connectivity index (χ1) is 13.1. The molecule has 0 saturated heterocycles. The standard InChI is InChI=1S/C21H30N4O2/c1-6-22-21(23-12-11-17-7-9-18(26-4)10-8-17)25-14-19-16(3)20(27-5)15(2)13-24-19/h7-10,13H,6,11-12,14H2,1-5H3,(H2,22,23,25). The van der Waals surface area contributed by atoms with Crippen LogP contribution in [-0.2, 0) is 13.0 Å². The molecular weight excluding hydrogens is 340 g/mol. The number of guanidine groups is 1. The highest BCUT2D eigenvalue weighted by Crippen LogP contribution is 2.24. The Morgan fingerprint density at radius 2 is 1.81 bits per heavy atom. The fraction of sp³-hybridized carbons (Fsp3) is 0.429. The first-order valence-corrected chi connectivity index (χ1v) is 9.23. The summed E-state index contributed by atoms with van der Waals surface area (Å²) < 4.78 is 10.7. The Morgan fingerprint density at radius 1 is 1.07 bits per heavy atom. The molecule has 1 heterocycles. The van der Waals surface area contributed by atoms with Gasteiger partial charge in [0, 0.05) is 30.4 Å². The van der Waals surface area contributed by atoms with Crippen LogP contribution in [0.15, 0.2) is 35.5 Å². The molecule has 27 heavy (non-hydrogen) atoms. The second-order valence-corrected chi connectivity index (χ2v) is 6.27. The molecule has 1 aromatic heterocycles. The second kappa shape index (κ2) is 10.4. The Labute approximate surface area is 162 Å². The zero-order valence-electron chi connectivity index (χ0n) is 16.9. The third-order valence-electron chi connectivity index (χ3n) is 4.35. The highest BCUT2D eigenvalue weighted by Gasteiger charge is 2.09. The van der Waals surface area contributed by atoms with E-state index in [1.807, 2.05) is 32.2 Å². The summed E-state index contributed by atoms with van der Waals surface area (Å²) >= 11 is 0. The first-order valence-electron chi connectivity index (χ1n) is 9.23. The van der Waals surface area contributed by atoms with Gasteiger partial charge in [0.05, 0.1) is 26.5 Å². The molecule has 1 aromatic carbocycles. The number of ether oxygens (including phenoxy) is 2. The molecule has 0 radical (unpaired) electrons. The molecule has 6 nitrogen and oxygen atoms in total. The quantitative estimate of drug-likeness (QED) is 0.552. The van der Waals surface area contributed by atoms with E-state index in [0.29, 0.717) is 6.54 Å². The van der Waals surface area contributed by atoms with Crippen LogP contribution in [0.4, 0.5) is 0 Å². The van der Waals surface area contributed by atoms with Crippen LogP contribution in [0.25, 0.3) is 0 Å². The van der Waals surface area contributed by atoms with Crippen LogP contribution in [0, 0.1) is 13.8 Å². The Morgan fingerprint density at radius 3 is 2.44 bits per heavy atom. The topological polar surface area (TPSA) is 67.8 Å². The van der Waals surface area contributed by atoms with Crippen LogP contribution in [0.5, 0.6) is 11.5 Å². The zero-order chi connectivity index (χ0) is 19.6. The number of hydrogen-bond acceptors (Lipinski definition) is 4. The average Bonchev–Trinajstić information content (AvgIpc) is 2.68. The van der Waals surface area contributed by atoms with Gasteiger partial charge in [0.15, 0.2) is 5.96 Å². The summed E-state index contributed by atoms with van der Waals surface area (Å²) in [4.78, 5) is 9.17. The van der Waals surface area contributed by atoms with E-state index in [9.17, 15) is 0 Å². The lowest BCUT2D eigenvalue weighted by atomic mass is 10.1. The van der Waals surface area contributed by atoms with Gasteiger partial charge in [-0.25, -0.2) is 4.99 Å². The van der Waals surface area contributed by atoms with E-state index in [0.717, 1.165) is 53.8 Å². The van der Waals surface area contributed by atoms with Gasteiger partial charge in [0.1, 0.15) is 11.5 Å². The van der Waals surface area contributed by atoms with E-state index in [1.165, 1.54) is 5.56 Å². The summed E-state index contributed by atoms with van der Waals surface area (Å²) in [5, 5.41) is 6.65. The fourth-order valence-electron chi connectivity index (χ4n) is 2.84. The molecule has 0 aliphatic rings. The van der Waals surface area contributed by atoms with E-state index in [1.54, 1.807) is 14.2 Å². The summed E-state index contributed by atoms with van der Waals surface area (Å²) in [6.45, 7) is 8.17. The molecule has 2 aromatic rings. The van der Waals surface area contributed by atoms with Crippen molar-refractivity contribution in [2.45, 2.75) is 33.7 Å². The van der Waals surface area contributed by atoms with Gasteiger partial charge in [0.25, 0.3) is 0 Å². The van der Waals surface area contributed by atoms with Crippen LogP contribution in [0.1, 0.15) is 29.3 Å². The van der Waals surface area contributed by atoms with Crippen molar-refractivity contribution in [2.24, 2.45) is 4.99 Å². The van der Waals surface area contributed by atoms with Gasteiger partial charge in [-0.2, -0.15) is 0 Å². The van der Waals surface area contributed by atoms with Gasteiger partial charge >= 0.3 is 0 Å². The predicted octanol–water partition coefficient (Wildman–Crippen LogP) is 3.01. The smallest absolute Gasteiger partial charge is 0.191 e. The third kappa shape index (κ3) is 5.88. The molecule has 0 atom stereocenters. The Bertz CT molecular complexity index is 758. The molecule has 0 unspecified atom stereocenters. The zero-order valence-corrected chi connectivity index (χ0v) is 16.9. The Kier molecular flexibility index (Phi) is 7.92. The van der Waals surface area contributed by atoms with Gasteiger partial charge in [-0.3, -0.25) is 4.98 Å². The van der Waals surface area contributed by atoms with Crippen LogP contribution in [0.2, 0.25) is 0 Å². The van der Waals surface area contributed by atoms with Crippen molar-refractivity contribution in [1.82, 2.24) is 15.6 Å². The Balaban J connectivity index is 1.97. The number of nitrogens with one attached hydrogen (secondary N) is 2. The van der Waals surface area contributed by atoms with Crippen molar-refractivity contribution in [3.8, 4) is 11.5 Å². The first kappa shape index (κ1) is 20.6. The van der Waals surface area contributed by atoms with Gasteiger partial charge in [-0.1, -0.05) is 12.1 Å². The van der Waals surface area contributed by atoms with Crippen molar-refractivity contribution in [3.05, 3.63) is 52.8 Å². The summed E-state index contributed by atoms with van der Waals surface area (Å²) in [5.74, 6) is 2.54. The molecule has 0 amide bonds. The van der Waals surface area contributed by atoms with Gasteiger partial charge in [0.2, 0.25) is 0 Å². The van der Waals surface area contributed by atoms with Crippen molar-refractivity contribution >= 4 is 5.96 Å². The number of nitrogens with zero attached hydrogens (tertiary/aromatic N) is 2. The van der Waals surface area contributed by atoms with E-state index in [2.05, 4.69) is 39.7 Å². The van der Waals surface area contributed by atoms with E-state index < -0.39 is 0 Å². The predicted molar refractivity (Wildman–Crippen MR) is 110 cm³/mol. The maximum Gasteiger partial charge on any atom is 0.191 e. The molecule has 0 aliphatic heterocycles. The molecule has 0 bridgehead atoms. The SMILES string of the molecule is CCNC(=NCc1ncc(C)c(OC)c1C)NCCc1ccc(OC)cc1. The van der Waals surface area contributed by atoms with Crippen molar-refractivity contribution < 1.29 is 9.47 Å². The maximum absolute atomic E-state index is 5.47. The van der Waals surface area contributed by atoms with Crippen molar-refractivity contribution in [1.29, 1.82) is 0 Å². The molecule has 6 heteroatoms. The Hall–Kier alpha value is -2.76. The molecule has 146 valence electrons. The number of aryl methyl sites for hydroxylation is 1. The number of methoxy groups -OCH3 is 2. The highest BCUT2D eigenvalue weighted by atomic mass is 16.5.